The fourth-order valence-electron chi connectivity index (χ4n) is 2.72. The number of nitrogens with zero attached hydrogens (tertiary/aromatic N) is 2. The van der Waals surface area contributed by atoms with Gasteiger partial charge < -0.3 is 15.7 Å². The van der Waals surface area contributed by atoms with Gasteiger partial charge in [0.1, 0.15) is 5.84 Å². The molecule has 0 radical (unpaired) electrons. The molecule has 0 bridgehead atoms. The zero-order valence-electron chi connectivity index (χ0n) is 12.1. The first-order chi connectivity index (χ1) is 9.61. The lowest BCUT2D eigenvalue weighted by atomic mass is 10.1. The molecule has 0 atom stereocenters. The van der Waals surface area contributed by atoms with Crippen LogP contribution in [-0.2, 0) is 0 Å². The van der Waals surface area contributed by atoms with Crippen molar-refractivity contribution in [2.24, 2.45) is 5.73 Å². The Morgan fingerprint density at radius 3 is 2.80 bits per heavy atom. The number of amidine groups is 1. The van der Waals surface area contributed by atoms with Crippen molar-refractivity contribution in [3.05, 3.63) is 29.3 Å². The molecule has 1 fully saturated rings. The summed E-state index contributed by atoms with van der Waals surface area (Å²) in [4.78, 5) is 4.58. The van der Waals surface area contributed by atoms with E-state index in [1.165, 1.54) is 0 Å². The predicted octanol–water partition coefficient (Wildman–Crippen LogP) is 0.783. The third-order valence-corrected chi connectivity index (χ3v) is 3.79. The van der Waals surface area contributed by atoms with Crippen LogP contribution in [0, 0.1) is 12.3 Å². The lowest BCUT2D eigenvalue weighted by molar-refractivity contribution is 0.204. The summed E-state index contributed by atoms with van der Waals surface area (Å²) < 4.78 is 0. The number of aliphatic hydroxyl groups excluding tert-OH is 1. The molecule has 1 heterocycles. The standard InChI is InChI=1S/C15H24N4O/c1-12-3-4-14(13(11-12)15(16)17)19-6-2-5-18(7-8-19)9-10-20/h3-4,11,20H,2,5-10H2,1H3,(H3,16,17). The van der Waals surface area contributed by atoms with Crippen molar-refractivity contribution in [3.8, 4) is 0 Å². The summed E-state index contributed by atoms with van der Waals surface area (Å²) in [5.74, 6) is 0.125. The Morgan fingerprint density at radius 2 is 2.10 bits per heavy atom. The van der Waals surface area contributed by atoms with Crippen molar-refractivity contribution < 1.29 is 5.11 Å². The van der Waals surface area contributed by atoms with Crippen LogP contribution in [0.25, 0.3) is 0 Å². The Bertz CT molecular complexity index is 475. The van der Waals surface area contributed by atoms with Crippen molar-refractivity contribution in [2.75, 3.05) is 44.2 Å². The number of anilines is 1. The van der Waals surface area contributed by atoms with E-state index < -0.39 is 0 Å². The highest BCUT2D eigenvalue weighted by atomic mass is 16.3. The number of aryl methyl sites for hydroxylation is 1. The third-order valence-electron chi connectivity index (χ3n) is 3.79. The highest BCUT2D eigenvalue weighted by molar-refractivity contribution is 6.00. The lowest BCUT2D eigenvalue weighted by Crippen LogP contribution is -2.33. The van der Waals surface area contributed by atoms with Crippen LogP contribution in [-0.4, -0.2) is 55.2 Å². The number of nitrogens with one attached hydrogen (secondary N) is 1. The van der Waals surface area contributed by atoms with Crippen LogP contribution in [0.5, 0.6) is 0 Å². The molecule has 1 aliphatic heterocycles. The molecule has 110 valence electrons. The molecular formula is C15H24N4O. The molecule has 20 heavy (non-hydrogen) atoms. The summed E-state index contributed by atoms with van der Waals surface area (Å²) >= 11 is 0. The van der Waals surface area contributed by atoms with E-state index in [2.05, 4.69) is 21.9 Å². The van der Waals surface area contributed by atoms with Crippen LogP contribution >= 0.6 is 0 Å². The van der Waals surface area contributed by atoms with Crippen LogP contribution in [0.1, 0.15) is 17.5 Å². The highest BCUT2D eigenvalue weighted by Gasteiger charge is 2.18. The van der Waals surface area contributed by atoms with Crippen LogP contribution < -0.4 is 10.6 Å². The van der Waals surface area contributed by atoms with Gasteiger partial charge in [-0.3, -0.25) is 10.3 Å². The predicted molar refractivity (Wildman–Crippen MR) is 82.6 cm³/mol. The molecule has 0 aliphatic carbocycles. The molecular weight excluding hydrogens is 252 g/mol. The number of hydrogen-bond donors (Lipinski definition) is 3. The van der Waals surface area contributed by atoms with Crippen molar-refractivity contribution in [1.82, 2.24) is 4.90 Å². The molecule has 0 spiro atoms. The van der Waals surface area contributed by atoms with Gasteiger partial charge in [-0.2, -0.15) is 0 Å². The Hall–Kier alpha value is -1.59. The number of β-amino-alcohol motifs (C(OH)–C–C–N with tert-alkyl or cyclic N) is 1. The minimum absolute atomic E-state index is 0.125. The Morgan fingerprint density at radius 1 is 1.30 bits per heavy atom. The van der Waals surface area contributed by atoms with Crippen molar-refractivity contribution in [2.45, 2.75) is 13.3 Å². The van der Waals surface area contributed by atoms with Gasteiger partial charge in [0.25, 0.3) is 0 Å². The maximum Gasteiger partial charge on any atom is 0.124 e. The number of nitrogen functional groups attached to an aromatic ring is 1. The van der Waals surface area contributed by atoms with E-state index in [1.54, 1.807) is 0 Å². The highest BCUT2D eigenvalue weighted by Crippen LogP contribution is 2.23. The molecule has 1 aromatic carbocycles. The van der Waals surface area contributed by atoms with Gasteiger partial charge in [0.05, 0.1) is 6.61 Å². The van der Waals surface area contributed by atoms with E-state index in [-0.39, 0.29) is 12.4 Å². The average Bonchev–Trinajstić information content (AvgIpc) is 2.65. The molecule has 5 heteroatoms. The lowest BCUT2D eigenvalue weighted by Gasteiger charge is -2.26. The fraction of sp³-hybridized carbons (Fsp3) is 0.533. The quantitative estimate of drug-likeness (QED) is 0.561. The van der Waals surface area contributed by atoms with Crippen molar-refractivity contribution in [3.63, 3.8) is 0 Å². The van der Waals surface area contributed by atoms with E-state index in [0.29, 0.717) is 0 Å². The molecule has 0 saturated carbocycles. The van der Waals surface area contributed by atoms with Gasteiger partial charge in [0, 0.05) is 37.4 Å². The SMILES string of the molecule is Cc1ccc(N2CCCN(CCO)CC2)c(C(=N)N)c1. The van der Waals surface area contributed by atoms with E-state index in [1.807, 2.05) is 13.0 Å². The maximum absolute atomic E-state index is 9.04. The van der Waals surface area contributed by atoms with Gasteiger partial charge in [-0.15, -0.1) is 0 Å². The number of benzene rings is 1. The molecule has 0 amide bonds. The van der Waals surface area contributed by atoms with Crippen LogP contribution in [0.3, 0.4) is 0 Å². The van der Waals surface area contributed by atoms with Crippen molar-refractivity contribution in [1.29, 1.82) is 5.41 Å². The second-order valence-corrected chi connectivity index (χ2v) is 5.34. The summed E-state index contributed by atoms with van der Waals surface area (Å²) in [6.07, 6.45) is 1.06. The van der Waals surface area contributed by atoms with E-state index in [9.17, 15) is 0 Å². The number of hydrogen-bond acceptors (Lipinski definition) is 4. The summed E-state index contributed by atoms with van der Waals surface area (Å²) in [6.45, 7) is 6.78. The van der Waals surface area contributed by atoms with Gasteiger partial charge in [-0.25, -0.2) is 0 Å². The second kappa shape index (κ2) is 6.72. The van der Waals surface area contributed by atoms with Gasteiger partial charge >= 0.3 is 0 Å². The van der Waals surface area contributed by atoms with Crippen LogP contribution in [0.4, 0.5) is 5.69 Å². The zero-order valence-corrected chi connectivity index (χ0v) is 12.1. The van der Waals surface area contributed by atoms with Crippen LogP contribution in [0.2, 0.25) is 0 Å². The Kier molecular flexibility index (Phi) is 4.98. The summed E-state index contributed by atoms with van der Waals surface area (Å²) in [5, 5.41) is 16.8. The number of aliphatic hydroxyl groups is 1. The Balaban J connectivity index is 2.17. The van der Waals surface area contributed by atoms with Gasteiger partial charge in [-0.05, 0) is 32.0 Å². The maximum atomic E-state index is 9.04. The monoisotopic (exact) mass is 276 g/mol. The molecule has 5 nitrogen and oxygen atoms in total. The van der Waals surface area contributed by atoms with E-state index >= 15 is 0 Å². The number of rotatable bonds is 4. The van der Waals surface area contributed by atoms with E-state index in [4.69, 9.17) is 16.2 Å². The van der Waals surface area contributed by atoms with E-state index in [0.717, 1.165) is 56.0 Å². The van der Waals surface area contributed by atoms with Crippen LogP contribution in [0.15, 0.2) is 18.2 Å². The first kappa shape index (κ1) is 14.8. The summed E-state index contributed by atoms with van der Waals surface area (Å²) in [5.41, 5.74) is 8.71. The van der Waals surface area contributed by atoms with Gasteiger partial charge in [-0.1, -0.05) is 11.6 Å². The molecule has 2 rings (SSSR count). The van der Waals surface area contributed by atoms with Crippen molar-refractivity contribution >= 4 is 11.5 Å². The summed E-state index contributed by atoms with van der Waals surface area (Å²) in [6, 6.07) is 6.11. The topological polar surface area (TPSA) is 76.6 Å². The molecule has 1 aromatic rings. The minimum Gasteiger partial charge on any atom is -0.395 e. The second-order valence-electron chi connectivity index (χ2n) is 5.34. The molecule has 4 N–H and O–H groups in total. The number of nitrogens with two attached hydrogens (primary N) is 1. The fourth-order valence-corrected chi connectivity index (χ4v) is 2.72. The first-order valence-electron chi connectivity index (χ1n) is 7.15. The molecule has 0 unspecified atom stereocenters. The third kappa shape index (κ3) is 3.49. The molecule has 1 aliphatic rings. The first-order valence-corrected chi connectivity index (χ1v) is 7.15. The summed E-state index contributed by atoms with van der Waals surface area (Å²) in [7, 11) is 0. The average molecular weight is 276 g/mol. The Labute approximate surface area is 120 Å². The largest absolute Gasteiger partial charge is 0.395 e. The van der Waals surface area contributed by atoms with Gasteiger partial charge in [0.15, 0.2) is 0 Å². The molecule has 1 saturated heterocycles. The molecule has 0 aromatic heterocycles. The normalized spacial score (nSPS) is 17.0. The smallest absolute Gasteiger partial charge is 0.124 e. The minimum atomic E-state index is 0.125. The van der Waals surface area contributed by atoms with Gasteiger partial charge in [0.2, 0.25) is 0 Å². The zero-order chi connectivity index (χ0) is 14.5.